The van der Waals surface area contributed by atoms with Gasteiger partial charge in [0, 0.05) is 28.1 Å². The fraction of sp³-hybridized carbons (Fsp3) is 0.471. The summed E-state index contributed by atoms with van der Waals surface area (Å²) < 4.78 is 5.71. The highest BCUT2D eigenvalue weighted by atomic mass is 16.5. The van der Waals surface area contributed by atoms with Crippen LogP contribution in [-0.4, -0.2) is 16.9 Å². The van der Waals surface area contributed by atoms with Gasteiger partial charge in [0.25, 0.3) is 0 Å². The predicted octanol–water partition coefficient (Wildman–Crippen LogP) is 4.57. The van der Waals surface area contributed by atoms with Gasteiger partial charge < -0.3 is 9.72 Å². The van der Waals surface area contributed by atoms with Gasteiger partial charge in [-0.25, -0.2) is 0 Å². The number of rotatable bonds is 5. The van der Waals surface area contributed by atoms with E-state index in [1.807, 2.05) is 59.0 Å². The molecule has 0 bridgehead atoms. The van der Waals surface area contributed by atoms with Crippen LogP contribution in [0.1, 0.15) is 51.4 Å². The molecule has 1 aromatic heterocycles. The summed E-state index contributed by atoms with van der Waals surface area (Å²) in [6.45, 7) is 10.0. The Kier molecular flexibility index (Phi) is 3.89. The number of ketones is 1. The van der Waals surface area contributed by atoms with Gasteiger partial charge in [0.05, 0.1) is 6.10 Å². The second kappa shape index (κ2) is 5.31. The van der Waals surface area contributed by atoms with Gasteiger partial charge in [-0.2, -0.15) is 0 Å². The van der Waals surface area contributed by atoms with E-state index in [0.29, 0.717) is 0 Å². The summed E-state index contributed by atoms with van der Waals surface area (Å²) in [5.74, 6) is 0.975. The molecular formula is C17H23NO2. The van der Waals surface area contributed by atoms with Crippen molar-refractivity contribution in [1.82, 2.24) is 4.98 Å². The van der Waals surface area contributed by atoms with E-state index in [9.17, 15) is 4.79 Å². The summed E-state index contributed by atoms with van der Waals surface area (Å²) >= 11 is 0. The number of H-pyrrole nitrogens is 1. The Hall–Kier alpha value is -1.77. The zero-order valence-electron chi connectivity index (χ0n) is 12.9. The normalized spacial score (nSPS) is 12.1. The lowest BCUT2D eigenvalue weighted by Crippen LogP contribution is -2.23. The monoisotopic (exact) mass is 273 g/mol. The minimum absolute atomic E-state index is 0.123. The van der Waals surface area contributed by atoms with Gasteiger partial charge >= 0.3 is 0 Å². The molecular weight excluding hydrogens is 250 g/mol. The molecule has 1 heterocycles. The summed E-state index contributed by atoms with van der Waals surface area (Å²) in [6.07, 6.45) is 2.75. The van der Waals surface area contributed by atoms with Gasteiger partial charge in [-0.05, 0) is 38.5 Å². The zero-order chi connectivity index (χ0) is 14.9. The van der Waals surface area contributed by atoms with Crippen LogP contribution in [-0.2, 0) is 0 Å². The number of hydrogen-bond donors (Lipinski definition) is 1. The Balaban J connectivity index is 2.47. The number of hydrogen-bond acceptors (Lipinski definition) is 2. The third-order valence-electron chi connectivity index (χ3n) is 3.77. The maximum Gasteiger partial charge on any atom is 0.170 e. The summed E-state index contributed by atoms with van der Waals surface area (Å²) in [6, 6.07) is 5.84. The molecule has 0 saturated heterocycles. The van der Waals surface area contributed by atoms with Crippen LogP contribution in [0.2, 0.25) is 0 Å². The van der Waals surface area contributed by atoms with E-state index in [-0.39, 0.29) is 17.3 Å². The molecule has 0 unspecified atom stereocenters. The van der Waals surface area contributed by atoms with Crippen LogP contribution >= 0.6 is 0 Å². The van der Waals surface area contributed by atoms with Crippen molar-refractivity contribution < 1.29 is 9.53 Å². The fourth-order valence-corrected chi connectivity index (χ4v) is 2.16. The van der Waals surface area contributed by atoms with E-state index in [0.717, 1.165) is 28.6 Å². The molecule has 108 valence electrons. The van der Waals surface area contributed by atoms with Gasteiger partial charge in [0.2, 0.25) is 0 Å². The van der Waals surface area contributed by atoms with Crippen molar-refractivity contribution >= 4 is 16.7 Å². The highest BCUT2D eigenvalue weighted by molar-refractivity contribution is 6.10. The van der Waals surface area contributed by atoms with E-state index in [2.05, 4.69) is 4.98 Å². The van der Waals surface area contributed by atoms with E-state index in [4.69, 9.17) is 4.74 Å². The molecule has 0 aliphatic rings. The minimum atomic E-state index is -0.343. The SMILES string of the molecule is CCC(C)(C)C(=O)c1c[nH]c2ccc(OC(C)C)cc12. The molecule has 2 aromatic rings. The quantitative estimate of drug-likeness (QED) is 0.810. The molecule has 0 radical (unpaired) electrons. The lowest BCUT2D eigenvalue weighted by molar-refractivity contribution is 0.0835. The van der Waals surface area contributed by atoms with Crippen molar-refractivity contribution in [1.29, 1.82) is 0 Å². The summed E-state index contributed by atoms with van der Waals surface area (Å²) in [5, 5.41) is 0.940. The third kappa shape index (κ3) is 2.72. The summed E-state index contributed by atoms with van der Waals surface area (Å²) in [7, 11) is 0. The molecule has 0 aliphatic heterocycles. The largest absolute Gasteiger partial charge is 0.491 e. The van der Waals surface area contributed by atoms with Crippen molar-refractivity contribution in [2.45, 2.75) is 47.1 Å². The lowest BCUT2D eigenvalue weighted by atomic mass is 9.82. The Morgan fingerprint density at radius 2 is 2.05 bits per heavy atom. The molecule has 1 N–H and O–H groups in total. The second-order valence-electron chi connectivity index (χ2n) is 6.14. The zero-order valence-corrected chi connectivity index (χ0v) is 12.9. The molecule has 0 atom stereocenters. The first kappa shape index (κ1) is 14.6. The van der Waals surface area contributed by atoms with Gasteiger partial charge in [0.15, 0.2) is 5.78 Å². The van der Waals surface area contributed by atoms with E-state index in [1.54, 1.807) is 0 Å². The lowest BCUT2D eigenvalue weighted by Gasteiger charge is -2.20. The maximum absolute atomic E-state index is 12.6. The van der Waals surface area contributed by atoms with Crippen LogP contribution < -0.4 is 4.74 Å². The van der Waals surface area contributed by atoms with Gasteiger partial charge in [0.1, 0.15) is 5.75 Å². The first-order valence-corrected chi connectivity index (χ1v) is 7.17. The molecule has 0 spiro atoms. The molecule has 0 saturated carbocycles. The van der Waals surface area contributed by atoms with Crippen molar-refractivity contribution in [2.24, 2.45) is 5.41 Å². The molecule has 0 amide bonds. The number of nitrogens with one attached hydrogen (secondary N) is 1. The number of aromatic nitrogens is 1. The number of carbonyl (C=O) groups excluding carboxylic acids is 1. The fourth-order valence-electron chi connectivity index (χ4n) is 2.16. The Morgan fingerprint density at radius 3 is 2.65 bits per heavy atom. The third-order valence-corrected chi connectivity index (χ3v) is 3.77. The van der Waals surface area contributed by atoms with Crippen molar-refractivity contribution in [2.75, 3.05) is 0 Å². The Morgan fingerprint density at radius 1 is 1.35 bits per heavy atom. The average molecular weight is 273 g/mol. The van der Waals surface area contributed by atoms with Crippen LogP contribution in [0.25, 0.3) is 10.9 Å². The van der Waals surface area contributed by atoms with Crippen LogP contribution in [0.4, 0.5) is 0 Å². The molecule has 20 heavy (non-hydrogen) atoms. The minimum Gasteiger partial charge on any atom is -0.491 e. The molecule has 3 heteroatoms. The first-order chi connectivity index (χ1) is 9.35. The van der Waals surface area contributed by atoms with Gasteiger partial charge in [-0.15, -0.1) is 0 Å². The first-order valence-electron chi connectivity index (χ1n) is 7.17. The predicted molar refractivity (Wildman–Crippen MR) is 82.5 cm³/mol. The van der Waals surface area contributed by atoms with Crippen molar-refractivity contribution in [3.63, 3.8) is 0 Å². The summed E-state index contributed by atoms with van der Waals surface area (Å²) in [5.41, 5.74) is 1.38. The molecule has 3 nitrogen and oxygen atoms in total. The number of carbonyl (C=O) groups is 1. The number of Topliss-reactive ketones (excluding diaryl/α,β-unsaturated/α-hetero) is 1. The summed E-state index contributed by atoms with van der Waals surface area (Å²) in [4.78, 5) is 15.8. The Bertz CT molecular complexity index is 623. The molecule has 0 fully saturated rings. The number of benzene rings is 1. The topological polar surface area (TPSA) is 42.1 Å². The maximum atomic E-state index is 12.6. The molecule has 1 aromatic carbocycles. The van der Waals surface area contributed by atoms with Crippen molar-refractivity contribution in [3.8, 4) is 5.75 Å². The van der Waals surface area contributed by atoms with E-state index < -0.39 is 0 Å². The number of ether oxygens (including phenoxy) is 1. The number of fused-ring (bicyclic) bond motifs is 1. The van der Waals surface area contributed by atoms with Crippen LogP contribution in [0.15, 0.2) is 24.4 Å². The van der Waals surface area contributed by atoms with Gasteiger partial charge in [-0.3, -0.25) is 4.79 Å². The van der Waals surface area contributed by atoms with Crippen LogP contribution in [0.5, 0.6) is 5.75 Å². The van der Waals surface area contributed by atoms with E-state index >= 15 is 0 Å². The van der Waals surface area contributed by atoms with Gasteiger partial charge in [-0.1, -0.05) is 20.8 Å². The average Bonchev–Trinajstić information content (AvgIpc) is 2.80. The highest BCUT2D eigenvalue weighted by Gasteiger charge is 2.28. The highest BCUT2D eigenvalue weighted by Crippen LogP contribution is 2.31. The smallest absolute Gasteiger partial charge is 0.170 e. The van der Waals surface area contributed by atoms with Crippen LogP contribution in [0, 0.1) is 5.41 Å². The van der Waals surface area contributed by atoms with Crippen LogP contribution in [0.3, 0.4) is 0 Å². The van der Waals surface area contributed by atoms with Crippen molar-refractivity contribution in [3.05, 3.63) is 30.0 Å². The standard InChI is InChI=1S/C17H23NO2/c1-6-17(4,5)16(19)14-10-18-15-8-7-12(9-13(14)15)20-11(2)3/h7-11,18H,6H2,1-5H3. The number of aromatic amines is 1. The Labute approximate surface area is 120 Å². The van der Waals surface area contributed by atoms with E-state index in [1.165, 1.54) is 0 Å². The molecule has 2 rings (SSSR count). The molecule has 0 aliphatic carbocycles. The second-order valence-corrected chi connectivity index (χ2v) is 6.14.